The molecule has 2 aliphatic heterocycles. The van der Waals surface area contributed by atoms with Crippen LogP contribution in [0, 0.1) is 18.8 Å². The average molecular weight is 427 g/mol. The van der Waals surface area contributed by atoms with Crippen LogP contribution in [0.4, 0.5) is 5.82 Å². The molecule has 2 aliphatic rings. The van der Waals surface area contributed by atoms with Crippen molar-refractivity contribution in [3.05, 3.63) is 48.0 Å². The minimum Gasteiger partial charge on any atom is -0.354 e. The van der Waals surface area contributed by atoms with Gasteiger partial charge in [-0.1, -0.05) is 29.8 Å². The molecule has 0 saturated carbocycles. The molecule has 9 heteroatoms. The molecule has 0 bridgehead atoms. The predicted octanol–water partition coefficient (Wildman–Crippen LogP) is 2.05. The first-order valence-electron chi connectivity index (χ1n) is 10.4. The predicted molar refractivity (Wildman–Crippen MR) is 116 cm³/mol. The third kappa shape index (κ3) is 3.35. The molecule has 2 aromatic heterocycles. The van der Waals surface area contributed by atoms with E-state index in [0.29, 0.717) is 24.9 Å². The molecule has 0 radical (unpaired) electrons. The van der Waals surface area contributed by atoms with E-state index < -0.39 is 10.0 Å². The van der Waals surface area contributed by atoms with Crippen molar-refractivity contribution in [2.24, 2.45) is 11.8 Å². The molecular weight excluding hydrogens is 400 g/mol. The highest BCUT2D eigenvalue weighted by atomic mass is 32.2. The highest BCUT2D eigenvalue weighted by molar-refractivity contribution is 7.88. The quantitative estimate of drug-likeness (QED) is 0.621. The molecule has 4 heterocycles. The molecular formula is C21H26N6O2S. The minimum absolute atomic E-state index is 0.0669. The third-order valence-electron chi connectivity index (χ3n) is 6.34. The molecule has 0 amide bonds. The van der Waals surface area contributed by atoms with Gasteiger partial charge >= 0.3 is 0 Å². The highest BCUT2D eigenvalue weighted by Crippen LogP contribution is 2.36. The van der Waals surface area contributed by atoms with E-state index in [0.717, 1.165) is 47.7 Å². The lowest BCUT2D eigenvalue weighted by molar-refractivity contribution is 0.452. The summed E-state index contributed by atoms with van der Waals surface area (Å²) in [5, 5.41) is 0. The van der Waals surface area contributed by atoms with Crippen LogP contribution in [0.2, 0.25) is 0 Å². The van der Waals surface area contributed by atoms with Gasteiger partial charge in [0.1, 0.15) is 6.33 Å². The van der Waals surface area contributed by atoms with Crippen molar-refractivity contribution in [1.29, 1.82) is 0 Å². The van der Waals surface area contributed by atoms with Crippen LogP contribution in [0.25, 0.3) is 11.2 Å². The molecule has 5 rings (SSSR count). The number of hydrogen-bond donors (Lipinski definition) is 0. The summed E-state index contributed by atoms with van der Waals surface area (Å²) < 4.78 is 29.6. The van der Waals surface area contributed by atoms with Gasteiger partial charge in [-0.2, -0.15) is 0 Å². The van der Waals surface area contributed by atoms with E-state index in [1.165, 1.54) is 0 Å². The van der Waals surface area contributed by atoms with Crippen molar-refractivity contribution in [3.8, 4) is 0 Å². The molecule has 2 unspecified atom stereocenters. The lowest BCUT2D eigenvalue weighted by Gasteiger charge is -2.22. The second kappa shape index (κ2) is 7.31. The molecule has 2 fully saturated rings. The molecule has 2 atom stereocenters. The lowest BCUT2D eigenvalue weighted by Crippen LogP contribution is -2.34. The van der Waals surface area contributed by atoms with Crippen molar-refractivity contribution in [3.63, 3.8) is 0 Å². The summed E-state index contributed by atoms with van der Waals surface area (Å²) in [6.07, 6.45) is 3.40. The van der Waals surface area contributed by atoms with Gasteiger partial charge in [-0.25, -0.2) is 27.7 Å². The fourth-order valence-corrected chi connectivity index (χ4v) is 6.30. The molecule has 0 N–H and O–H groups in total. The number of benzene rings is 1. The van der Waals surface area contributed by atoms with Crippen LogP contribution < -0.4 is 4.90 Å². The zero-order chi connectivity index (χ0) is 20.9. The minimum atomic E-state index is -3.31. The Morgan fingerprint density at radius 1 is 1.00 bits per heavy atom. The standard InChI is InChI=1S/C21H26N6O2S/c1-3-25-14-24-19-20(25)22-13-23-21(19)26-8-17-10-27(11-18(17)9-26)30(28,29)12-16-6-4-15(2)5-7-16/h4-7,13-14,17-18H,3,8-12H2,1-2H3. The number of imidazole rings is 1. The van der Waals surface area contributed by atoms with E-state index in [-0.39, 0.29) is 5.75 Å². The van der Waals surface area contributed by atoms with Gasteiger partial charge in [0, 0.05) is 32.7 Å². The monoisotopic (exact) mass is 426 g/mol. The molecule has 8 nitrogen and oxygen atoms in total. The summed E-state index contributed by atoms with van der Waals surface area (Å²) in [7, 11) is -3.31. The summed E-state index contributed by atoms with van der Waals surface area (Å²) in [6, 6.07) is 7.73. The van der Waals surface area contributed by atoms with Gasteiger partial charge < -0.3 is 9.47 Å². The molecule has 3 aromatic rings. The van der Waals surface area contributed by atoms with Gasteiger partial charge in [0.25, 0.3) is 0 Å². The molecule has 2 saturated heterocycles. The Bertz CT molecular complexity index is 1160. The first-order chi connectivity index (χ1) is 14.4. The smallest absolute Gasteiger partial charge is 0.218 e. The number of nitrogens with zero attached hydrogens (tertiary/aromatic N) is 6. The van der Waals surface area contributed by atoms with Gasteiger partial charge in [-0.3, -0.25) is 0 Å². The van der Waals surface area contributed by atoms with E-state index >= 15 is 0 Å². The second-order valence-electron chi connectivity index (χ2n) is 8.38. The summed E-state index contributed by atoms with van der Waals surface area (Å²) in [6.45, 7) is 7.63. The van der Waals surface area contributed by atoms with E-state index in [1.54, 1.807) is 17.0 Å². The van der Waals surface area contributed by atoms with E-state index in [1.807, 2.05) is 35.8 Å². The van der Waals surface area contributed by atoms with Gasteiger partial charge in [0.15, 0.2) is 17.0 Å². The zero-order valence-electron chi connectivity index (χ0n) is 17.3. The van der Waals surface area contributed by atoms with Crippen LogP contribution in [-0.4, -0.2) is 58.4 Å². The number of sulfonamides is 1. The van der Waals surface area contributed by atoms with Crippen LogP contribution in [0.1, 0.15) is 18.1 Å². The fourth-order valence-electron chi connectivity index (χ4n) is 4.67. The van der Waals surface area contributed by atoms with Gasteiger partial charge in [-0.15, -0.1) is 0 Å². The van der Waals surface area contributed by atoms with Crippen molar-refractivity contribution >= 4 is 27.0 Å². The molecule has 30 heavy (non-hydrogen) atoms. The second-order valence-corrected chi connectivity index (χ2v) is 10.4. The van der Waals surface area contributed by atoms with Crippen molar-refractivity contribution in [1.82, 2.24) is 23.8 Å². The molecule has 1 aromatic carbocycles. The summed E-state index contributed by atoms with van der Waals surface area (Å²) >= 11 is 0. The van der Waals surface area contributed by atoms with Gasteiger partial charge in [0.2, 0.25) is 10.0 Å². The van der Waals surface area contributed by atoms with Crippen LogP contribution in [-0.2, 0) is 22.3 Å². The Morgan fingerprint density at radius 2 is 1.70 bits per heavy atom. The summed E-state index contributed by atoms with van der Waals surface area (Å²) in [5.41, 5.74) is 3.65. The normalized spacial score (nSPS) is 22.1. The maximum absolute atomic E-state index is 13.0. The van der Waals surface area contributed by atoms with E-state index in [4.69, 9.17) is 0 Å². The average Bonchev–Trinajstić information content (AvgIpc) is 3.42. The van der Waals surface area contributed by atoms with Crippen molar-refractivity contribution in [2.45, 2.75) is 26.1 Å². The van der Waals surface area contributed by atoms with E-state index in [9.17, 15) is 8.42 Å². The zero-order valence-corrected chi connectivity index (χ0v) is 18.1. The largest absolute Gasteiger partial charge is 0.354 e. The number of rotatable bonds is 5. The van der Waals surface area contributed by atoms with Crippen LogP contribution in [0.3, 0.4) is 0 Å². The Balaban J connectivity index is 1.30. The van der Waals surface area contributed by atoms with Gasteiger partial charge in [-0.05, 0) is 31.2 Å². The number of fused-ring (bicyclic) bond motifs is 2. The fraction of sp³-hybridized carbons (Fsp3) is 0.476. The Labute approximate surface area is 176 Å². The topological polar surface area (TPSA) is 84.2 Å². The van der Waals surface area contributed by atoms with E-state index in [2.05, 4.69) is 26.8 Å². The highest BCUT2D eigenvalue weighted by Gasteiger charge is 2.44. The first kappa shape index (κ1) is 19.4. The Morgan fingerprint density at radius 3 is 2.37 bits per heavy atom. The van der Waals surface area contributed by atoms with Gasteiger partial charge in [0.05, 0.1) is 12.1 Å². The summed E-state index contributed by atoms with van der Waals surface area (Å²) in [5.74, 6) is 1.56. The first-order valence-corrected chi connectivity index (χ1v) is 12.0. The SMILES string of the molecule is CCn1cnc2c(N3CC4CN(S(=O)(=O)Cc5ccc(C)cc5)CC4C3)ncnc21. The number of aryl methyl sites for hydroxylation is 2. The van der Waals surface area contributed by atoms with Crippen LogP contribution in [0.15, 0.2) is 36.9 Å². The van der Waals surface area contributed by atoms with Crippen LogP contribution >= 0.6 is 0 Å². The van der Waals surface area contributed by atoms with Crippen molar-refractivity contribution in [2.75, 3.05) is 31.1 Å². The summed E-state index contributed by atoms with van der Waals surface area (Å²) in [4.78, 5) is 15.7. The maximum atomic E-state index is 13.0. The number of hydrogen-bond acceptors (Lipinski definition) is 6. The number of aromatic nitrogens is 4. The maximum Gasteiger partial charge on any atom is 0.218 e. The Kier molecular flexibility index (Phi) is 4.74. The molecule has 158 valence electrons. The third-order valence-corrected chi connectivity index (χ3v) is 8.12. The number of anilines is 1. The molecule has 0 aliphatic carbocycles. The Hall–Kier alpha value is -2.52. The lowest BCUT2D eigenvalue weighted by atomic mass is 10.0. The van der Waals surface area contributed by atoms with Crippen molar-refractivity contribution < 1.29 is 8.42 Å². The van der Waals surface area contributed by atoms with Crippen LogP contribution in [0.5, 0.6) is 0 Å². The molecule has 0 spiro atoms.